The summed E-state index contributed by atoms with van der Waals surface area (Å²) in [4.78, 5) is 10.3. The number of fused-ring (bicyclic) bond motifs is 1. The second kappa shape index (κ2) is 7.84. The summed E-state index contributed by atoms with van der Waals surface area (Å²) in [7, 11) is -2.51. The number of nitrogens with zero attached hydrogens (tertiary/aromatic N) is 1. The van der Waals surface area contributed by atoms with E-state index in [0.717, 1.165) is 18.2 Å². The Labute approximate surface area is 177 Å². The number of nitro benzene ring substituents is 1. The highest BCUT2D eigenvalue weighted by Crippen LogP contribution is 2.42. The molecular weight excluding hydrogens is 425 g/mol. The molecule has 0 spiro atoms. The summed E-state index contributed by atoms with van der Waals surface area (Å²) in [5.74, 6) is -0.0107. The van der Waals surface area contributed by atoms with Crippen LogP contribution in [0.3, 0.4) is 0 Å². The van der Waals surface area contributed by atoms with Gasteiger partial charge in [0.1, 0.15) is 22.2 Å². The number of halogens is 1. The summed E-state index contributed by atoms with van der Waals surface area (Å²) in [5.41, 5.74) is 0.726. The Morgan fingerprint density at radius 3 is 2.32 bits per heavy atom. The summed E-state index contributed by atoms with van der Waals surface area (Å²) in [6, 6.07) is 15.4. The van der Waals surface area contributed by atoms with Gasteiger partial charge in [-0.15, -0.1) is 0 Å². The van der Waals surface area contributed by atoms with Gasteiger partial charge in [-0.1, -0.05) is 12.1 Å². The molecule has 1 heterocycles. The van der Waals surface area contributed by atoms with Crippen molar-refractivity contribution in [1.82, 2.24) is 0 Å². The zero-order chi connectivity index (χ0) is 22.2. The number of methoxy groups -OCH3 is 1. The Morgan fingerprint density at radius 1 is 1.03 bits per heavy atom. The molecule has 4 rings (SSSR count). The zero-order valence-electron chi connectivity index (χ0n) is 16.2. The Morgan fingerprint density at radius 2 is 1.71 bits per heavy atom. The molecule has 158 valence electrons. The standard InChI is InChI=1S/C22H16FNO6S/c1-29-18-9-2-14(3-10-18)12-21-22(15-4-6-16(23)7-5-15)30-19-13-17(24(25)26)8-11-20(19)31(21,27)28/h2-11,13H,12H2,1H3. The number of non-ortho nitro benzene ring substituents is 1. The molecule has 0 fully saturated rings. The van der Waals surface area contributed by atoms with Gasteiger partial charge in [0.25, 0.3) is 5.69 Å². The van der Waals surface area contributed by atoms with Gasteiger partial charge in [-0.2, -0.15) is 0 Å². The van der Waals surface area contributed by atoms with Crippen molar-refractivity contribution in [3.05, 3.63) is 98.7 Å². The second-order valence-electron chi connectivity index (χ2n) is 6.78. The minimum atomic E-state index is -4.04. The number of sulfone groups is 1. The van der Waals surface area contributed by atoms with E-state index in [0.29, 0.717) is 16.9 Å². The van der Waals surface area contributed by atoms with Crippen LogP contribution in [0, 0.1) is 15.9 Å². The fraction of sp³-hybridized carbons (Fsp3) is 0.0909. The maximum absolute atomic E-state index is 13.5. The normalized spacial score (nSPS) is 14.5. The number of nitro groups is 1. The third kappa shape index (κ3) is 3.87. The highest BCUT2D eigenvalue weighted by Gasteiger charge is 2.35. The predicted molar refractivity (Wildman–Crippen MR) is 111 cm³/mol. The van der Waals surface area contributed by atoms with Gasteiger partial charge in [0.2, 0.25) is 9.84 Å². The van der Waals surface area contributed by atoms with E-state index >= 15 is 0 Å². The molecule has 0 unspecified atom stereocenters. The maximum atomic E-state index is 13.5. The monoisotopic (exact) mass is 441 g/mol. The molecule has 0 N–H and O–H groups in total. The number of hydrogen-bond donors (Lipinski definition) is 0. The van der Waals surface area contributed by atoms with Crippen LogP contribution in [0.15, 0.2) is 76.5 Å². The number of ether oxygens (including phenoxy) is 2. The van der Waals surface area contributed by atoms with Crippen molar-refractivity contribution in [2.24, 2.45) is 0 Å². The third-order valence-electron chi connectivity index (χ3n) is 4.85. The molecule has 31 heavy (non-hydrogen) atoms. The number of rotatable bonds is 5. The van der Waals surface area contributed by atoms with Gasteiger partial charge >= 0.3 is 0 Å². The molecule has 0 radical (unpaired) electrons. The molecule has 3 aromatic rings. The predicted octanol–water partition coefficient (Wildman–Crippen LogP) is 4.52. The smallest absolute Gasteiger partial charge is 0.273 e. The summed E-state index contributed by atoms with van der Waals surface area (Å²) in [6.45, 7) is 0. The van der Waals surface area contributed by atoms with E-state index < -0.39 is 20.6 Å². The van der Waals surface area contributed by atoms with E-state index in [4.69, 9.17) is 9.47 Å². The Bertz CT molecular complexity index is 1300. The lowest BCUT2D eigenvalue weighted by Crippen LogP contribution is -2.18. The van der Waals surface area contributed by atoms with Crippen molar-refractivity contribution in [3.8, 4) is 11.5 Å². The van der Waals surface area contributed by atoms with Crippen LogP contribution in [-0.2, 0) is 16.3 Å². The van der Waals surface area contributed by atoms with E-state index in [1.54, 1.807) is 24.3 Å². The van der Waals surface area contributed by atoms with Crippen LogP contribution >= 0.6 is 0 Å². The molecule has 9 heteroatoms. The first-order valence-electron chi connectivity index (χ1n) is 9.13. The molecule has 0 bridgehead atoms. The van der Waals surface area contributed by atoms with E-state index in [1.165, 1.54) is 31.4 Å². The van der Waals surface area contributed by atoms with Crippen molar-refractivity contribution < 1.29 is 27.2 Å². The lowest BCUT2D eigenvalue weighted by Gasteiger charge is -2.24. The Hall–Kier alpha value is -3.72. The molecule has 0 amide bonds. The first kappa shape index (κ1) is 20.5. The number of benzene rings is 3. The average molecular weight is 441 g/mol. The SMILES string of the molecule is COc1ccc(CC2=C(c3ccc(F)cc3)Oc3cc([N+](=O)[O-])ccc3S2(=O)=O)cc1. The highest BCUT2D eigenvalue weighted by molar-refractivity contribution is 7.95. The van der Waals surface area contributed by atoms with Crippen molar-refractivity contribution in [3.63, 3.8) is 0 Å². The quantitative estimate of drug-likeness (QED) is 0.427. The van der Waals surface area contributed by atoms with Gasteiger partial charge < -0.3 is 9.47 Å². The number of allylic oxidation sites excluding steroid dienone is 1. The Kier molecular flexibility index (Phi) is 5.20. The minimum Gasteiger partial charge on any atom is -0.497 e. The van der Waals surface area contributed by atoms with Crippen molar-refractivity contribution in [2.75, 3.05) is 7.11 Å². The maximum Gasteiger partial charge on any atom is 0.273 e. The van der Waals surface area contributed by atoms with Crippen molar-refractivity contribution in [1.29, 1.82) is 0 Å². The lowest BCUT2D eigenvalue weighted by molar-refractivity contribution is -0.385. The van der Waals surface area contributed by atoms with Crippen molar-refractivity contribution >= 4 is 21.3 Å². The molecule has 7 nitrogen and oxygen atoms in total. The van der Waals surface area contributed by atoms with Gasteiger partial charge in [-0.25, -0.2) is 12.8 Å². The zero-order valence-corrected chi connectivity index (χ0v) is 17.1. The van der Waals surface area contributed by atoms with Crippen LogP contribution in [0.2, 0.25) is 0 Å². The molecule has 3 aromatic carbocycles. The molecule has 1 aliphatic rings. The molecule has 1 aliphatic heterocycles. The van der Waals surface area contributed by atoms with Gasteiger partial charge in [0.05, 0.1) is 23.0 Å². The topological polar surface area (TPSA) is 95.7 Å². The van der Waals surface area contributed by atoms with Crippen molar-refractivity contribution in [2.45, 2.75) is 11.3 Å². The van der Waals surface area contributed by atoms with E-state index in [-0.39, 0.29) is 33.4 Å². The van der Waals surface area contributed by atoms with Crippen LogP contribution < -0.4 is 9.47 Å². The summed E-state index contributed by atoms with van der Waals surface area (Å²) < 4.78 is 51.4. The highest BCUT2D eigenvalue weighted by atomic mass is 32.2. The van der Waals surface area contributed by atoms with Crippen LogP contribution in [0.25, 0.3) is 5.76 Å². The van der Waals surface area contributed by atoms with Gasteiger partial charge in [0, 0.05) is 18.1 Å². The summed E-state index contributed by atoms with van der Waals surface area (Å²) in [5, 5.41) is 11.1. The van der Waals surface area contributed by atoms with E-state index in [9.17, 15) is 22.9 Å². The van der Waals surface area contributed by atoms with Crippen LogP contribution in [0.5, 0.6) is 11.5 Å². The largest absolute Gasteiger partial charge is 0.497 e. The van der Waals surface area contributed by atoms with E-state index in [1.807, 2.05) is 0 Å². The number of hydrogen-bond acceptors (Lipinski definition) is 6. The first-order valence-corrected chi connectivity index (χ1v) is 10.6. The fourth-order valence-corrected chi connectivity index (χ4v) is 4.90. The molecule has 0 saturated carbocycles. The molecule has 0 aliphatic carbocycles. The molecule has 0 aromatic heterocycles. The molecular formula is C22H16FNO6S. The average Bonchev–Trinajstić information content (AvgIpc) is 2.76. The third-order valence-corrected chi connectivity index (χ3v) is 6.74. The van der Waals surface area contributed by atoms with E-state index in [2.05, 4.69) is 0 Å². The fourth-order valence-electron chi connectivity index (χ4n) is 3.26. The van der Waals surface area contributed by atoms with Crippen LogP contribution in [0.1, 0.15) is 11.1 Å². The summed E-state index contributed by atoms with van der Waals surface area (Å²) >= 11 is 0. The minimum absolute atomic E-state index is 0.00353. The Balaban J connectivity index is 1.88. The first-order chi connectivity index (χ1) is 14.8. The van der Waals surface area contributed by atoms with Gasteiger partial charge in [-0.3, -0.25) is 10.1 Å². The summed E-state index contributed by atoms with van der Waals surface area (Å²) in [6.07, 6.45) is 0.00939. The van der Waals surface area contributed by atoms with Crippen LogP contribution in [-0.4, -0.2) is 20.5 Å². The van der Waals surface area contributed by atoms with Crippen LogP contribution in [0.4, 0.5) is 10.1 Å². The van der Waals surface area contributed by atoms with Gasteiger partial charge in [0.15, 0.2) is 5.75 Å². The lowest BCUT2D eigenvalue weighted by atomic mass is 10.1. The second-order valence-corrected chi connectivity index (χ2v) is 8.72. The molecule has 0 saturated heterocycles. The van der Waals surface area contributed by atoms with Gasteiger partial charge in [-0.05, 0) is 48.0 Å². The molecule has 0 atom stereocenters.